The van der Waals surface area contributed by atoms with Gasteiger partial charge >= 0.3 is 11.9 Å². The van der Waals surface area contributed by atoms with Crippen molar-refractivity contribution in [3.63, 3.8) is 0 Å². The van der Waals surface area contributed by atoms with E-state index in [0.29, 0.717) is 17.7 Å². The van der Waals surface area contributed by atoms with Gasteiger partial charge in [0, 0.05) is 35.0 Å². The highest BCUT2D eigenvalue weighted by Gasteiger charge is 2.19. The van der Waals surface area contributed by atoms with Gasteiger partial charge in [0.2, 0.25) is 0 Å². The molecule has 0 atom stereocenters. The minimum atomic E-state index is -0.522. The Hall–Kier alpha value is -4.64. The quantitative estimate of drug-likeness (QED) is 0.120. The maximum absolute atomic E-state index is 11.9. The lowest BCUT2D eigenvalue weighted by molar-refractivity contribution is 0.0508. The molecule has 0 spiro atoms. The van der Waals surface area contributed by atoms with Crippen LogP contribution in [0.25, 0.3) is 21.8 Å². The predicted octanol–water partition coefficient (Wildman–Crippen LogP) is 5.41. The highest BCUT2D eigenvalue weighted by atomic mass is 35.5. The summed E-state index contributed by atoms with van der Waals surface area (Å²) in [6, 6.07) is 15.6. The fraction of sp³-hybridized carbons (Fsp3) is 0.286. The fourth-order valence-electron chi connectivity index (χ4n) is 3.59. The van der Waals surface area contributed by atoms with Crippen molar-refractivity contribution in [1.82, 2.24) is 19.6 Å². The van der Waals surface area contributed by atoms with Crippen LogP contribution in [0.5, 0.6) is 0 Å². The van der Waals surface area contributed by atoms with Crippen LogP contribution < -0.4 is 5.73 Å². The first kappa shape index (κ1) is 32.6. The Labute approximate surface area is 244 Å². The zero-order valence-corrected chi connectivity index (χ0v) is 24.2. The maximum Gasteiger partial charge on any atom is 0.359 e. The molecule has 2 N–H and O–H groups in total. The second kappa shape index (κ2) is 15.8. The summed E-state index contributed by atoms with van der Waals surface area (Å²) in [6.07, 6.45) is 3.43. The van der Waals surface area contributed by atoms with Crippen LogP contribution in [0, 0.1) is 13.8 Å². The van der Waals surface area contributed by atoms with Crippen LogP contribution in [-0.2, 0) is 22.6 Å². The fourth-order valence-corrected chi connectivity index (χ4v) is 3.59. The van der Waals surface area contributed by atoms with Crippen LogP contribution in [0.1, 0.15) is 57.1 Å². The van der Waals surface area contributed by atoms with Gasteiger partial charge in [-0.15, -0.1) is 12.4 Å². The van der Waals surface area contributed by atoms with Gasteiger partial charge in [0.1, 0.15) is 0 Å². The number of azide groups is 1. The zero-order valence-electron chi connectivity index (χ0n) is 23.4. The molecule has 216 valence electrons. The number of benzene rings is 2. The summed E-state index contributed by atoms with van der Waals surface area (Å²) >= 11 is 0. The number of hydrogen-bond acceptors (Lipinski definition) is 8. The average Bonchev–Trinajstić information content (AvgIpc) is 3.58. The summed E-state index contributed by atoms with van der Waals surface area (Å²) in [6.45, 7) is 8.37. The van der Waals surface area contributed by atoms with Gasteiger partial charge < -0.3 is 15.2 Å². The van der Waals surface area contributed by atoms with Gasteiger partial charge in [-0.25, -0.2) is 19.0 Å². The molecule has 0 bridgehead atoms. The van der Waals surface area contributed by atoms with E-state index in [0.717, 1.165) is 16.9 Å². The van der Waals surface area contributed by atoms with Gasteiger partial charge in [-0.1, -0.05) is 40.5 Å². The molecular weight excluding hydrogens is 548 g/mol. The summed E-state index contributed by atoms with van der Waals surface area (Å²) in [5, 5.41) is 12.0. The van der Waals surface area contributed by atoms with Crippen LogP contribution in [0.15, 0.2) is 66.0 Å². The lowest BCUT2D eigenvalue weighted by atomic mass is 10.2. The highest BCUT2D eigenvalue weighted by molar-refractivity contribution is 5.89. The first-order valence-corrected chi connectivity index (χ1v) is 12.7. The summed E-state index contributed by atoms with van der Waals surface area (Å²) in [4.78, 5) is 26.4. The molecule has 13 heteroatoms. The first-order valence-electron chi connectivity index (χ1n) is 12.7. The van der Waals surface area contributed by atoms with E-state index in [1.807, 2.05) is 62.4 Å². The number of carbonyl (C=O) groups excluding carboxylic acids is 2. The third-order valence-corrected chi connectivity index (χ3v) is 5.64. The van der Waals surface area contributed by atoms with Crippen LogP contribution in [0.4, 0.5) is 0 Å². The SMILES string of the molecule is CCOC(=O)c1nn(-c2ccc(C)cc2)cc1CN.CCOC(=O)c1nn(-c2ccc(C)cc2)cc1CN=[N+]=[N-].Cl. The first-order chi connectivity index (χ1) is 19.3. The normalized spacial score (nSPS) is 9.98. The van der Waals surface area contributed by atoms with Crippen molar-refractivity contribution in [2.45, 2.75) is 40.8 Å². The molecule has 0 saturated heterocycles. The van der Waals surface area contributed by atoms with E-state index in [1.165, 1.54) is 5.56 Å². The number of nitrogens with zero attached hydrogens (tertiary/aromatic N) is 7. The predicted molar refractivity (Wildman–Crippen MR) is 157 cm³/mol. The van der Waals surface area contributed by atoms with E-state index in [2.05, 4.69) is 20.2 Å². The average molecular weight is 581 g/mol. The molecule has 0 aliphatic heterocycles. The molecule has 0 fully saturated rings. The number of hydrogen-bond donors (Lipinski definition) is 1. The Balaban J connectivity index is 0.000000281. The van der Waals surface area contributed by atoms with Crippen molar-refractivity contribution in [2.75, 3.05) is 13.2 Å². The molecule has 4 aromatic rings. The molecular formula is C28H33ClN8O4. The van der Waals surface area contributed by atoms with E-state index in [4.69, 9.17) is 20.7 Å². The lowest BCUT2D eigenvalue weighted by Gasteiger charge is -2.01. The largest absolute Gasteiger partial charge is 0.461 e. The summed E-state index contributed by atoms with van der Waals surface area (Å²) in [7, 11) is 0. The van der Waals surface area contributed by atoms with Crippen molar-refractivity contribution >= 4 is 24.3 Å². The molecule has 2 heterocycles. The number of aryl methyl sites for hydroxylation is 2. The number of nitrogens with two attached hydrogens (primary N) is 1. The number of ether oxygens (including phenoxy) is 2. The van der Waals surface area contributed by atoms with Crippen LogP contribution in [0.3, 0.4) is 0 Å². The third kappa shape index (κ3) is 8.67. The molecule has 0 aliphatic carbocycles. The topological polar surface area (TPSA) is 163 Å². The van der Waals surface area contributed by atoms with Gasteiger partial charge in [0.05, 0.1) is 31.1 Å². The Morgan fingerprint density at radius 2 is 1.24 bits per heavy atom. The zero-order chi connectivity index (χ0) is 29.1. The lowest BCUT2D eigenvalue weighted by Crippen LogP contribution is -2.10. The summed E-state index contributed by atoms with van der Waals surface area (Å²) < 4.78 is 13.2. The van der Waals surface area contributed by atoms with Gasteiger partial charge in [-0.3, -0.25) is 0 Å². The van der Waals surface area contributed by atoms with Crippen molar-refractivity contribution in [3.8, 4) is 11.4 Å². The Morgan fingerprint density at radius 1 is 0.829 bits per heavy atom. The standard InChI is InChI=1S/C14H15N5O2.C14H17N3O2.ClH/c1-3-21-14(20)13-11(8-16-18-15)9-19(17-13)12-6-4-10(2)5-7-12;1-3-19-14(18)13-11(8-15)9-17(16-13)12-6-4-10(2)5-7-12;/h4-7,9H,3,8H2,1-2H3;4-7,9H,3,8,15H2,1-2H3;1H. The van der Waals surface area contributed by atoms with Crippen LogP contribution in [0.2, 0.25) is 0 Å². The number of halogens is 1. The molecule has 0 aliphatic rings. The van der Waals surface area contributed by atoms with Crippen molar-refractivity contribution in [2.24, 2.45) is 10.8 Å². The van der Waals surface area contributed by atoms with Gasteiger partial charge in [0.15, 0.2) is 11.4 Å². The van der Waals surface area contributed by atoms with E-state index in [1.54, 1.807) is 35.6 Å². The molecule has 0 saturated carbocycles. The molecule has 0 radical (unpaired) electrons. The smallest absolute Gasteiger partial charge is 0.359 e. The molecule has 2 aromatic carbocycles. The van der Waals surface area contributed by atoms with Crippen molar-refractivity contribution < 1.29 is 19.1 Å². The van der Waals surface area contributed by atoms with Crippen molar-refractivity contribution in [3.05, 3.63) is 105 Å². The molecule has 2 aromatic heterocycles. The Kier molecular flexibility index (Phi) is 12.6. The van der Waals surface area contributed by atoms with Crippen LogP contribution >= 0.6 is 12.4 Å². The monoisotopic (exact) mass is 580 g/mol. The number of aromatic nitrogens is 4. The van der Waals surface area contributed by atoms with Crippen LogP contribution in [-0.4, -0.2) is 44.7 Å². The maximum atomic E-state index is 11.9. The van der Waals surface area contributed by atoms with E-state index < -0.39 is 11.9 Å². The van der Waals surface area contributed by atoms with Gasteiger partial charge in [0.25, 0.3) is 0 Å². The second-order valence-corrected chi connectivity index (χ2v) is 8.60. The van der Waals surface area contributed by atoms with Crippen molar-refractivity contribution in [1.29, 1.82) is 0 Å². The minimum absolute atomic E-state index is 0. The molecule has 41 heavy (non-hydrogen) atoms. The number of esters is 2. The van der Waals surface area contributed by atoms with E-state index in [9.17, 15) is 9.59 Å². The van der Waals surface area contributed by atoms with Gasteiger partial charge in [-0.05, 0) is 57.5 Å². The number of carbonyl (C=O) groups is 2. The van der Waals surface area contributed by atoms with E-state index >= 15 is 0 Å². The summed E-state index contributed by atoms with van der Waals surface area (Å²) in [5.41, 5.74) is 19.7. The molecule has 12 nitrogen and oxygen atoms in total. The summed E-state index contributed by atoms with van der Waals surface area (Å²) in [5.74, 6) is -0.958. The minimum Gasteiger partial charge on any atom is -0.461 e. The molecule has 0 unspecified atom stereocenters. The third-order valence-electron chi connectivity index (χ3n) is 5.64. The Morgan fingerprint density at radius 3 is 1.63 bits per heavy atom. The number of rotatable bonds is 9. The van der Waals surface area contributed by atoms with E-state index in [-0.39, 0.29) is 43.5 Å². The second-order valence-electron chi connectivity index (χ2n) is 8.60. The highest BCUT2D eigenvalue weighted by Crippen LogP contribution is 2.16. The molecule has 4 rings (SSSR count). The van der Waals surface area contributed by atoms with Gasteiger partial charge in [-0.2, -0.15) is 10.2 Å². The Bertz CT molecular complexity index is 1490. The molecule has 0 amide bonds.